The molecule has 1 unspecified atom stereocenters. The summed E-state index contributed by atoms with van der Waals surface area (Å²) in [6.07, 6.45) is 0.865. The number of carboxylic acid groups (broad SMARTS) is 1. The van der Waals surface area contributed by atoms with Crippen molar-refractivity contribution in [2.75, 3.05) is 6.61 Å². The molecule has 5 nitrogen and oxygen atoms in total. The minimum absolute atomic E-state index is 0.00857. The fourth-order valence-electron chi connectivity index (χ4n) is 0.670. The lowest BCUT2D eigenvalue weighted by Gasteiger charge is -2.08. The molecule has 5 heteroatoms. The Hall–Kier alpha value is -1.10. The molecule has 0 spiro atoms. The van der Waals surface area contributed by atoms with Crippen molar-refractivity contribution in [2.45, 2.75) is 32.2 Å². The van der Waals surface area contributed by atoms with Gasteiger partial charge in [-0.3, -0.25) is 9.59 Å². The first-order chi connectivity index (χ1) is 6.07. The molecule has 0 aromatic rings. The molecule has 13 heavy (non-hydrogen) atoms. The molecule has 0 amide bonds. The van der Waals surface area contributed by atoms with Crippen LogP contribution in [0.3, 0.4) is 0 Å². The zero-order valence-electron chi connectivity index (χ0n) is 7.66. The van der Waals surface area contributed by atoms with E-state index in [1.807, 2.05) is 0 Å². The van der Waals surface area contributed by atoms with Crippen LogP contribution in [0, 0.1) is 0 Å². The molecule has 0 aliphatic carbocycles. The van der Waals surface area contributed by atoms with Gasteiger partial charge in [0.1, 0.15) is 6.04 Å². The molecule has 0 saturated carbocycles. The van der Waals surface area contributed by atoms with E-state index in [2.05, 4.69) is 0 Å². The number of hydrogen-bond donors (Lipinski definition) is 2. The van der Waals surface area contributed by atoms with Gasteiger partial charge in [-0.2, -0.15) is 0 Å². The van der Waals surface area contributed by atoms with E-state index in [1.165, 1.54) is 0 Å². The number of nitrogens with two attached hydrogens (primary N) is 1. The molecule has 1 atom stereocenters. The first-order valence-corrected chi connectivity index (χ1v) is 4.22. The van der Waals surface area contributed by atoms with Gasteiger partial charge in [-0.1, -0.05) is 6.92 Å². The summed E-state index contributed by atoms with van der Waals surface area (Å²) in [6.45, 7) is 1.90. The maximum absolute atomic E-state index is 10.9. The largest absolute Gasteiger partial charge is 0.481 e. The summed E-state index contributed by atoms with van der Waals surface area (Å²) in [5, 5.41) is 8.27. The van der Waals surface area contributed by atoms with E-state index in [-0.39, 0.29) is 13.0 Å². The predicted molar refractivity (Wildman–Crippen MR) is 46.1 cm³/mol. The Morgan fingerprint density at radius 1 is 1.54 bits per heavy atom. The summed E-state index contributed by atoms with van der Waals surface area (Å²) >= 11 is 0. The Morgan fingerprint density at radius 3 is 2.62 bits per heavy atom. The van der Waals surface area contributed by atoms with E-state index >= 15 is 0 Å². The van der Waals surface area contributed by atoms with Crippen molar-refractivity contribution in [1.29, 1.82) is 0 Å². The van der Waals surface area contributed by atoms with E-state index in [1.54, 1.807) is 6.92 Å². The third kappa shape index (κ3) is 6.10. The number of rotatable bonds is 6. The lowest BCUT2D eigenvalue weighted by atomic mass is 10.2. The van der Waals surface area contributed by atoms with Crippen molar-refractivity contribution < 1.29 is 19.4 Å². The van der Waals surface area contributed by atoms with Gasteiger partial charge in [0, 0.05) is 6.42 Å². The second-order valence-corrected chi connectivity index (χ2v) is 2.68. The Kier molecular flexibility index (Phi) is 5.88. The SMILES string of the molecule is CCC(N)C(=O)OCCCC(=O)O. The molecule has 0 rings (SSSR count). The predicted octanol–water partition coefficient (Wildman–Crippen LogP) is 0.132. The van der Waals surface area contributed by atoms with Crippen LogP contribution in [0.15, 0.2) is 0 Å². The number of ether oxygens (including phenoxy) is 1. The van der Waals surface area contributed by atoms with Crippen LogP contribution in [0.5, 0.6) is 0 Å². The van der Waals surface area contributed by atoms with Crippen LogP contribution >= 0.6 is 0 Å². The van der Waals surface area contributed by atoms with E-state index in [4.69, 9.17) is 15.6 Å². The molecule has 0 saturated heterocycles. The minimum Gasteiger partial charge on any atom is -0.481 e. The Balaban J connectivity index is 3.42. The van der Waals surface area contributed by atoms with Crippen molar-refractivity contribution in [3.05, 3.63) is 0 Å². The van der Waals surface area contributed by atoms with Crippen LogP contribution < -0.4 is 5.73 Å². The summed E-state index contributed by atoms with van der Waals surface area (Å²) in [4.78, 5) is 21.0. The van der Waals surface area contributed by atoms with E-state index in [9.17, 15) is 9.59 Å². The normalized spacial score (nSPS) is 12.2. The van der Waals surface area contributed by atoms with Crippen molar-refractivity contribution in [1.82, 2.24) is 0 Å². The lowest BCUT2D eigenvalue weighted by Crippen LogP contribution is -2.31. The average Bonchev–Trinajstić information content (AvgIpc) is 2.10. The Labute approximate surface area is 76.9 Å². The smallest absolute Gasteiger partial charge is 0.322 e. The second kappa shape index (κ2) is 6.42. The molecule has 0 radical (unpaired) electrons. The molecule has 0 aromatic carbocycles. The van der Waals surface area contributed by atoms with Gasteiger partial charge in [-0.15, -0.1) is 0 Å². The highest BCUT2D eigenvalue weighted by Gasteiger charge is 2.11. The van der Waals surface area contributed by atoms with Crippen LogP contribution in [0.1, 0.15) is 26.2 Å². The first-order valence-electron chi connectivity index (χ1n) is 4.22. The molecule has 76 valence electrons. The molecule has 0 fully saturated rings. The van der Waals surface area contributed by atoms with Gasteiger partial charge in [-0.25, -0.2) is 0 Å². The number of carbonyl (C=O) groups excluding carboxylic acids is 1. The summed E-state index contributed by atoms with van der Waals surface area (Å²) in [6, 6.07) is -0.593. The highest BCUT2D eigenvalue weighted by molar-refractivity contribution is 5.75. The van der Waals surface area contributed by atoms with Crippen LogP contribution in [0.25, 0.3) is 0 Å². The summed E-state index contributed by atoms with van der Waals surface area (Å²) in [5.74, 6) is -1.36. The molecule has 0 aliphatic heterocycles. The van der Waals surface area contributed by atoms with Gasteiger partial charge in [0.15, 0.2) is 0 Å². The second-order valence-electron chi connectivity index (χ2n) is 2.68. The molecular formula is C8H15NO4. The van der Waals surface area contributed by atoms with Crippen molar-refractivity contribution in [2.24, 2.45) is 5.73 Å². The van der Waals surface area contributed by atoms with Gasteiger partial charge in [0.25, 0.3) is 0 Å². The molecule has 0 aliphatic rings. The van der Waals surface area contributed by atoms with Crippen LogP contribution in [-0.4, -0.2) is 29.7 Å². The van der Waals surface area contributed by atoms with Crippen LogP contribution in [0.4, 0.5) is 0 Å². The standard InChI is InChI=1S/C8H15NO4/c1-2-6(9)8(12)13-5-3-4-7(10)11/h6H,2-5,9H2,1H3,(H,10,11). The van der Waals surface area contributed by atoms with Crippen molar-refractivity contribution in [3.63, 3.8) is 0 Å². The third-order valence-electron chi connectivity index (χ3n) is 1.52. The molecule has 0 bridgehead atoms. The molecule has 0 heterocycles. The number of carboxylic acids is 1. The molecule has 3 N–H and O–H groups in total. The van der Waals surface area contributed by atoms with E-state index in [0.717, 1.165) is 0 Å². The number of hydrogen-bond acceptors (Lipinski definition) is 4. The Bertz CT molecular complexity index is 181. The Morgan fingerprint density at radius 2 is 2.15 bits per heavy atom. The van der Waals surface area contributed by atoms with Crippen LogP contribution in [-0.2, 0) is 14.3 Å². The highest BCUT2D eigenvalue weighted by atomic mass is 16.5. The summed E-state index contributed by atoms with van der Waals surface area (Å²) in [7, 11) is 0. The van der Waals surface area contributed by atoms with Crippen molar-refractivity contribution >= 4 is 11.9 Å². The average molecular weight is 189 g/mol. The zero-order valence-corrected chi connectivity index (χ0v) is 7.66. The van der Waals surface area contributed by atoms with Gasteiger partial charge in [-0.05, 0) is 12.8 Å². The fourth-order valence-corrected chi connectivity index (χ4v) is 0.670. The van der Waals surface area contributed by atoms with Crippen molar-refractivity contribution in [3.8, 4) is 0 Å². The quantitative estimate of drug-likeness (QED) is 0.458. The highest BCUT2D eigenvalue weighted by Crippen LogP contribution is 1.94. The topological polar surface area (TPSA) is 89.6 Å². The number of esters is 1. The van der Waals surface area contributed by atoms with Gasteiger partial charge in [0.05, 0.1) is 6.61 Å². The third-order valence-corrected chi connectivity index (χ3v) is 1.52. The summed E-state index contributed by atoms with van der Waals surface area (Å²) < 4.78 is 4.72. The minimum atomic E-state index is -0.893. The number of carbonyl (C=O) groups is 2. The molecular weight excluding hydrogens is 174 g/mol. The molecule has 0 aromatic heterocycles. The van der Waals surface area contributed by atoms with Gasteiger partial charge in [0.2, 0.25) is 0 Å². The van der Waals surface area contributed by atoms with Gasteiger partial charge < -0.3 is 15.6 Å². The van der Waals surface area contributed by atoms with Gasteiger partial charge >= 0.3 is 11.9 Å². The monoisotopic (exact) mass is 189 g/mol. The zero-order chi connectivity index (χ0) is 10.3. The van der Waals surface area contributed by atoms with E-state index in [0.29, 0.717) is 12.8 Å². The lowest BCUT2D eigenvalue weighted by molar-refractivity contribution is -0.146. The fraction of sp³-hybridized carbons (Fsp3) is 0.750. The maximum atomic E-state index is 10.9. The maximum Gasteiger partial charge on any atom is 0.322 e. The van der Waals surface area contributed by atoms with E-state index < -0.39 is 18.0 Å². The summed E-state index contributed by atoms with van der Waals surface area (Å²) in [5.41, 5.74) is 5.37. The first kappa shape index (κ1) is 11.9. The van der Waals surface area contributed by atoms with Crippen LogP contribution in [0.2, 0.25) is 0 Å². The number of aliphatic carboxylic acids is 1.